The van der Waals surface area contributed by atoms with Crippen LogP contribution in [0.3, 0.4) is 0 Å². The number of nitrogens with one attached hydrogen (secondary N) is 2. The van der Waals surface area contributed by atoms with Crippen LogP contribution in [0.15, 0.2) is 29.6 Å². The molecule has 2 N–H and O–H groups in total. The average molecular weight is 376 g/mol. The van der Waals surface area contributed by atoms with Gasteiger partial charge in [-0.3, -0.25) is 10.2 Å². The maximum absolute atomic E-state index is 12.2. The average Bonchev–Trinajstić information content (AvgIpc) is 3.08. The minimum atomic E-state index is -0.244. The molecule has 8 heteroatoms. The van der Waals surface area contributed by atoms with E-state index in [1.165, 1.54) is 11.3 Å². The summed E-state index contributed by atoms with van der Waals surface area (Å²) in [5, 5.41) is 8.26. The molecule has 1 aliphatic rings. The van der Waals surface area contributed by atoms with Gasteiger partial charge in [0.15, 0.2) is 5.13 Å². The predicted octanol–water partition coefficient (Wildman–Crippen LogP) is 2.66. The van der Waals surface area contributed by atoms with Crippen molar-refractivity contribution in [3.8, 4) is 5.75 Å². The molecule has 1 saturated heterocycles. The van der Waals surface area contributed by atoms with Crippen LogP contribution in [0.4, 0.5) is 9.93 Å². The Balaban J connectivity index is 1.65. The van der Waals surface area contributed by atoms with Crippen LogP contribution in [0.1, 0.15) is 17.3 Å². The van der Waals surface area contributed by atoms with Crippen molar-refractivity contribution in [2.45, 2.75) is 13.0 Å². The number of hydrogen-bond acceptors (Lipinski definition) is 6. The number of carbonyl (C=O) groups excluding carboxylic acids is 1. The number of aromatic nitrogens is 1. The Labute approximate surface area is 157 Å². The van der Waals surface area contributed by atoms with Crippen molar-refractivity contribution in [1.82, 2.24) is 15.2 Å². The molecule has 0 bridgehead atoms. The molecular formula is C18H24N4O3S. The third-order valence-electron chi connectivity index (χ3n) is 4.28. The molecule has 1 aromatic heterocycles. The fourth-order valence-electron chi connectivity index (χ4n) is 2.92. The summed E-state index contributed by atoms with van der Waals surface area (Å²) in [7, 11) is 1.65. The zero-order valence-corrected chi connectivity index (χ0v) is 15.8. The van der Waals surface area contributed by atoms with Crippen LogP contribution in [-0.4, -0.2) is 55.9 Å². The van der Waals surface area contributed by atoms with Crippen molar-refractivity contribution in [3.63, 3.8) is 0 Å². The SMILES string of the molecule is COc1ccc(C(CNC(=O)Nc2nc(C)cs2)N2CCOCC2)cc1. The van der Waals surface area contributed by atoms with Crippen LogP contribution >= 0.6 is 11.3 Å². The van der Waals surface area contributed by atoms with E-state index in [9.17, 15) is 4.79 Å². The zero-order valence-electron chi connectivity index (χ0n) is 15.0. The molecule has 3 rings (SSSR count). The monoisotopic (exact) mass is 376 g/mol. The van der Waals surface area contributed by atoms with Crippen LogP contribution in [0.25, 0.3) is 0 Å². The first-order valence-electron chi connectivity index (χ1n) is 8.58. The molecule has 0 radical (unpaired) electrons. The van der Waals surface area contributed by atoms with E-state index in [2.05, 4.69) is 20.5 Å². The summed E-state index contributed by atoms with van der Waals surface area (Å²) < 4.78 is 10.7. The number of morpholine rings is 1. The number of amides is 2. The zero-order chi connectivity index (χ0) is 18.4. The molecule has 140 valence electrons. The van der Waals surface area contributed by atoms with Crippen LogP contribution in [0.2, 0.25) is 0 Å². The van der Waals surface area contributed by atoms with Gasteiger partial charge < -0.3 is 14.8 Å². The summed E-state index contributed by atoms with van der Waals surface area (Å²) in [6.07, 6.45) is 0. The molecule has 2 heterocycles. The number of nitrogens with zero attached hydrogens (tertiary/aromatic N) is 2. The maximum atomic E-state index is 12.2. The number of carbonyl (C=O) groups is 1. The van der Waals surface area contributed by atoms with Gasteiger partial charge in [-0.1, -0.05) is 12.1 Å². The Morgan fingerprint density at radius 3 is 2.69 bits per heavy atom. The van der Waals surface area contributed by atoms with Crippen LogP contribution < -0.4 is 15.4 Å². The minimum absolute atomic E-state index is 0.0774. The smallest absolute Gasteiger partial charge is 0.321 e. The van der Waals surface area contributed by atoms with Crippen molar-refractivity contribution in [2.75, 3.05) is 45.3 Å². The molecular weight excluding hydrogens is 352 g/mol. The Morgan fingerprint density at radius 2 is 2.08 bits per heavy atom. The molecule has 2 amide bonds. The van der Waals surface area contributed by atoms with Gasteiger partial charge in [0.25, 0.3) is 0 Å². The highest BCUT2D eigenvalue weighted by molar-refractivity contribution is 7.13. The number of hydrogen-bond donors (Lipinski definition) is 2. The third-order valence-corrected chi connectivity index (χ3v) is 5.16. The topological polar surface area (TPSA) is 75.7 Å². The van der Waals surface area contributed by atoms with Crippen LogP contribution in [0, 0.1) is 6.92 Å². The maximum Gasteiger partial charge on any atom is 0.321 e. The van der Waals surface area contributed by atoms with E-state index in [-0.39, 0.29) is 12.1 Å². The van der Waals surface area contributed by atoms with Gasteiger partial charge in [-0.2, -0.15) is 0 Å². The van der Waals surface area contributed by atoms with Crippen molar-refractivity contribution < 1.29 is 14.3 Å². The lowest BCUT2D eigenvalue weighted by Crippen LogP contribution is -2.44. The molecule has 0 saturated carbocycles. The standard InChI is InChI=1S/C18H24N4O3S/c1-13-12-26-18(20-13)21-17(23)19-11-16(22-7-9-25-10-8-22)14-3-5-15(24-2)6-4-14/h3-6,12,16H,7-11H2,1-2H3,(H2,19,20,21,23). The highest BCUT2D eigenvalue weighted by atomic mass is 32.1. The summed E-state index contributed by atoms with van der Waals surface area (Å²) in [5.41, 5.74) is 2.04. The molecule has 1 fully saturated rings. The summed E-state index contributed by atoms with van der Waals surface area (Å²) in [5.74, 6) is 0.819. The highest BCUT2D eigenvalue weighted by Gasteiger charge is 2.23. The van der Waals surface area contributed by atoms with E-state index in [0.717, 1.165) is 30.1 Å². The molecule has 26 heavy (non-hydrogen) atoms. The first-order valence-corrected chi connectivity index (χ1v) is 9.46. The second-order valence-corrected chi connectivity index (χ2v) is 6.92. The lowest BCUT2D eigenvalue weighted by atomic mass is 10.0. The van der Waals surface area contributed by atoms with Gasteiger partial charge in [0.2, 0.25) is 0 Å². The number of aryl methyl sites for hydroxylation is 1. The van der Waals surface area contributed by atoms with E-state index >= 15 is 0 Å². The number of thiazole rings is 1. The minimum Gasteiger partial charge on any atom is -0.497 e. The number of urea groups is 1. The summed E-state index contributed by atoms with van der Waals surface area (Å²) >= 11 is 1.42. The van der Waals surface area contributed by atoms with Crippen LogP contribution in [0.5, 0.6) is 5.75 Å². The van der Waals surface area contributed by atoms with Crippen molar-refractivity contribution in [3.05, 3.63) is 40.9 Å². The van der Waals surface area contributed by atoms with Crippen molar-refractivity contribution in [2.24, 2.45) is 0 Å². The lowest BCUT2D eigenvalue weighted by molar-refractivity contribution is 0.0167. The molecule has 7 nitrogen and oxygen atoms in total. The molecule has 1 atom stereocenters. The van der Waals surface area contributed by atoms with E-state index in [4.69, 9.17) is 9.47 Å². The van der Waals surface area contributed by atoms with Gasteiger partial charge in [0, 0.05) is 25.0 Å². The predicted molar refractivity (Wildman–Crippen MR) is 102 cm³/mol. The number of methoxy groups -OCH3 is 1. The lowest BCUT2D eigenvalue weighted by Gasteiger charge is -2.35. The van der Waals surface area contributed by atoms with E-state index in [1.54, 1.807) is 7.11 Å². The highest BCUT2D eigenvalue weighted by Crippen LogP contribution is 2.24. The summed E-state index contributed by atoms with van der Waals surface area (Å²) in [4.78, 5) is 18.8. The molecule has 0 aliphatic carbocycles. The second kappa shape index (κ2) is 8.98. The Bertz CT molecular complexity index is 713. The molecule has 1 unspecified atom stereocenters. The number of anilines is 1. The quantitative estimate of drug-likeness (QED) is 0.811. The second-order valence-electron chi connectivity index (χ2n) is 6.07. The van der Waals surface area contributed by atoms with Gasteiger partial charge in [-0.05, 0) is 24.6 Å². The first-order chi connectivity index (χ1) is 12.7. The molecule has 1 aromatic carbocycles. The van der Waals surface area contributed by atoms with E-state index in [1.807, 2.05) is 36.6 Å². The fraction of sp³-hybridized carbons (Fsp3) is 0.444. The molecule has 0 spiro atoms. The van der Waals surface area contributed by atoms with E-state index < -0.39 is 0 Å². The number of rotatable bonds is 6. The van der Waals surface area contributed by atoms with E-state index in [0.29, 0.717) is 24.9 Å². The van der Waals surface area contributed by atoms with Gasteiger partial charge in [0.1, 0.15) is 5.75 Å². The van der Waals surface area contributed by atoms with Crippen molar-refractivity contribution in [1.29, 1.82) is 0 Å². The Kier molecular flexibility index (Phi) is 6.43. The van der Waals surface area contributed by atoms with Gasteiger partial charge in [-0.25, -0.2) is 9.78 Å². The Hall–Kier alpha value is -2.16. The van der Waals surface area contributed by atoms with Crippen molar-refractivity contribution >= 4 is 22.5 Å². The largest absolute Gasteiger partial charge is 0.497 e. The summed E-state index contributed by atoms with van der Waals surface area (Å²) in [6.45, 7) is 5.49. The normalized spacial score (nSPS) is 16.1. The summed E-state index contributed by atoms with van der Waals surface area (Å²) in [6, 6.07) is 7.81. The van der Waals surface area contributed by atoms with Crippen LogP contribution in [-0.2, 0) is 4.74 Å². The van der Waals surface area contributed by atoms with Gasteiger partial charge in [0.05, 0.1) is 32.1 Å². The first kappa shape index (κ1) is 18.6. The van der Waals surface area contributed by atoms with Gasteiger partial charge in [-0.15, -0.1) is 11.3 Å². The molecule has 1 aliphatic heterocycles. The molecule has 2 aromatic rings. The fourth-order valence-corrected chi connectivity index (χ4v) is 3.60. The number of ether oxygens (including phenoxy) is 2. The van der Waals surface area contributed by atoms with Gasteiger partial charge >= 0.3 is 6.03 Å². The third kappa shape index (κ3) is 4.94. The Morgan fingerprint density at radius 1 is 1.35 bits per heavy atom. The number of benzene rings is 1.